The average Bonchev–Trinajstić information content (AvgIpc) is 2.16. The summed E-state index contributed by atoms with van der Waals surface area (Å²) in [5, 5.41) is -2.07. The lowest BCUT2D eigenvalue weighted by Crippen LogP contribution is -2.41. The van der Waals surface area contributed by atoms with E-state index >= 15 is 0 Å². The zero-order chi connectivity index (χ0) is 13.1. The maximum atomic E-state index is 12.8. The van der Waals surface area contributed by atoms with Gasteiger partial charge in [-0.1, -0.05) is 19.3 Å². The Morgan fingerprint density at radius 1 is 1.29 bits per heavy atom. The molecule has 100 valence electrons. The molecule has 0 radical (unpaired) electrons. The van der Waals surface area contributed by atoms with Crippen molar-refractivity contribution >= 4 is 16.0 Å². The molecular formula is C9H15F2NO4S. The minimum Gasteiger partial charge on any atom is -0.353 e. The number of nitrogens with one attached hydrogen (secondary N) is 1. The summed E-state index contributed by atoms with van der Waals surface area (Å²) in [7, 11) is -5.53. The van der Waals surface area contributed by atoms with Crippen molar-refractivity contribution in [2.75, 3.05) is 0 Å². The second kappa shape index (κ2) is 5.26. The Kier molecular flexibility index (Phi) is 4.42. The largest absolute Gasteiger partial charge is 0.378 e. The minimum absolute atomic E-state index is 0.173. The van der Waals surface area contributed by atoms with Crippen LogP contribution in [-0.2, 0) is 14.9 Å². The summed E-state index contributed by atoms with van der Waals surface area (Å²) in [6.45, 7) is 0. The molecule has 0 bridgehead atoms. The third-order valence-corrected chi connectivity index (χ3v) is 3.61. The number of carbonyl (C=O) groups excluding carboxylic acids is 1. The first-order chi connectivity index (χ1) is 7.72. The van der Waals surface area contributed by atoms with E-state index in [0.29, 0.717) is 12.8 Å². The standard InChI is InChI=1S/C9H15F2NO4S/c10-9(11,17(14,15)16)6-8(13)12-7-4-2-1-3-5-7/h7H,1-6H2,(H,12,13)(H,14,15,16). The van der Waals surface area contributed by atoms with Crippen molar-refractivity contribution in [3.05, 3.63) is 0 Å². The summed E-state index contributed by atoms with van der Waals surface area (Å²) in [6.07, 6.45) is 2.77. The molecule has 1 saturated carbocycles. The van der Waals surface area contributed by atoms with Gasteiger partial charge < -0.3 is 5.32 Å². The number of alkyl halides is 2. The Hall–Kier alpha value is -0.760. The van der Waals surface area contributed by atoms with E-state index in [2.05, 4.69) is 5.32 Å². The van der Waals surface area contributed by atoms with Gasteiger partial charge in [-0.15, -0.1) is 0 Å². The third kappa shape index (κ3) is 4.19. The minimum atomic E-state index is -5.53. The maximum Gasteiger partial charge on any atom is 0.378 e. The molecule has 0 aromatic heterocycles. The van der Waals surface area contributed by atoms with Gasteiger partial charge in [-0.05, 0) is 12.8 Å². The molecule has 0 atom stereocenters. The smallest absolute Gasteiger partial charge is 0.353 e. The Morgan fingerprint density at radius 2 is 1.82 bits per heavy atom. The lowest BCUT2D eigenvalue weighted by atomic mass is 9.95. The van der Waals surface area contributed by atoms with Crippen molar-refractivity contribution in [3.63, 3.8) is 0 Å². The molecule has 0 aromatic rings. The predicted octanol–water partition coefficient (Wildman–Crippen LogP) is 1.31. The lowest BCUT2D eigenvalue weighted by molar-refractivity contribution is -0.125. The van der Waals surface area contributed by atoms with Crippen LogP contribution in [0.25, 0.3) is 0 Å². The van der Waals surface area contributed by atoms with Crippen molar-refractivity contribution in [3.8, 4) is 0 Å². The van der Waals surface area contributed by atoms with Crippen LogP contribution in [0.1, 0.15) is 38.5 Å². The molecule has 0 aromatic carbocycles. The number of halogens is 2. The highest BCUT2D eigenvalue weighted by atomic mass is 32.2. The molecule has 1 fully saturated rings. The Labute approximate surface area is 98.3 Å². The third-order valence-electron chi connectivity index (χ3n) is 2.71. The van der Waals surface area contributed by atoms with E-state index in [4.69, 9.17) is 4.55 Å². The van der Waals surface area contributed by atoms with Crippen LogP contribution in [-0.4, -0.2) is 30.2 Å². The normalized spacial score (nSPS) is 19.0. The predicted molar refractivity (Wildman–Crippen MR) is 56.1 cm³/mol. The van der Waals surface area contributed by atoms with Crippen molar-refractivity contribution in [1.29, 1.82) is 0 Å². The van der Waals surface area contributed by atoms with Crippen LogP contribution in [0.3, 0.4) is 0 Å². The monoisotopic (exact) mass is 271 g/mol. The molecule has 17 heavy (non-hydrogen) atoms. The second-order valence-corrected chi connectivity index (χ2v) is 5.74. The average molecular weight is 271 g/mol. The van der Waals surface area contributed by atoms with Gasteiger partial charge in [0.15, 0.2) is 0 Å². The fraction of sp³-hybridized carbons (Fsp3) is 0.889. The number of carbonyl (C=O) groups is 1. The van der Waals surface area contributed by atoms with E-state index in [9.17, 15) is 22.0 Å². The molecule has 1 aliphatic carbocycles. The fourth-order valence-electron chi connectivity index (χ4n) is 1.80. The molecule has 0 heterocycles. The Balaban J connectivity index is 2.49. The van der Waals surface area contributed by atoms with Crippen molar-refractivity contribution in [1.82, 2.24) is 5.32 Å². The van der Waals surface area contributed by atoms with Crippen LogP contribution < -0.4 is 5.32 Å². The highest BCUT2D eigenvalue weighted by Gasteiger charge is 2.46. The van der Waals surface area contributed by atoms with Gasteiger partial charge in [-0.2, -0.15) is 17.2 Å². The SMILES string of the molecule is O=C(CC(F)(F)S(=O)(=O)O)NC1CCCCC1. The molecule has 5 nitrogen and oxygen atoms in total. The first kappa shape index (κ1) is 14.3. The molecule has 1 rings (SSSR count). The molecule has 0 spiro atoms. The van der Waals surface area contributed by atoms with E-state index in [1.54, 1.807) is 0 Å². The summed E-state index contributed by atoms with van der Waals surface area (Å²) in [5.41, 5.74) is 0. The lowest BCUT2D eigenvalue weighted by Gasteiger charge is -2.23. The number of rotatable bonds is 4. The zero-order valence-electron chi connectivity index (χ0n) is 9.16. The highest BCUT2D eigenvalue weighted by molar-refractivity contribution is 7.86. The number of hydrogen-bond donors (Lipinski definition) is 2. The molecular weight excluding hydrogens is 256 g/mol. The van der Waals surface area contributed by atoms with Gasteiger partial charge in [0, 0.05) is 6.04 Å². The second-order valence-electron chi connectivity index (χ2n) is 4.19. The summed E-state index contributed by atoms with van der Waals surface area (Å²) in [5.74, 6) is -1.06. The Bertz CT molecular complexity index is 376. The van der Waals surface area contributed by atoms with Crippen LogP contribution >= 0.6 is 0 Å². The van der Waals surface area contributed by atoms with Crippen LogP contribution in [0.15, 0.2) is 0 Å². The maximum absolute atomic E-state index is 12.8. The van der Waals surface area contributed by atoms with Gasteiger partial charge in [0.05, 0.1) is 0 Å². The molecule has 8 heteroatoms. The van der Waals surface area contributed by atoms with E-state index in [0.717, 1.165) is 19.3 Å². The van der Waals surface area contributed by atoms with Gasteiger partial charge in [-0.25, -0.2) is 0 Å². The van der Waals surface area contributed by atoms with Crippen molar-refractivity contribution in [2.24, 2.45) is 0 Å². The fourth-order valence-corrected chi connectivity index (χ4v) is 2.12. The Morgan fingerprint density at radius 3 is 2.29 bits per heavy atom. The van der Waals surface area contributed by atoms with Gasteiger partial charge in [0.25, 0.3) is 0 Å². The van der Waals surface area contributed by atoms with Crippen molar-refractivity contribution < 1.29 is 26.5 Å². The quantitative estimate of drug-likeness (QED) is 0.755. The molecule has 1 aliphatic rings. The van der Waals surface area contributed by atoms with E-state index in [1.807, 2.05) is 0 Å². The van der Waals surface area contributed by atoms with E-state index in [-0.39, 0.29) is 6.04 Å². The van der Waals surface area contributed by atoms with Gasteiger partial charge in [-0.3, -0.25) is 9.35 Å². The topological polar surface area (TPSA) is 83.5 Å². The highest BCUT2D eigenvalue weighted by Crippen LogP contribution is 2.25. The van der Waals surface area contributed by atoms with Crippen LogP contribution in [0, 0.1) is 0 Å². The first-order valence-corrected chi connectivity index (χ1v) is 6.80. The number of amides is 1. The van der Waals surface area contributed by atoms with Gasteiger partial charge in [0.1, 0.15) is 6.42 Å². The van der Waals surface area contributed by atoms with Gasteiger partial charge in [0.2, 0.25) is 5.91 Å². The van der Waals surface area contributed by atoms with Crippen LogP contribution in [0.5, 0.6) is 0 Å². The molecule has 0 saturated heterocycles. The number of hydrogen-bond acceptors (Lipinski definition) is 3. The molecule has 0 unspecified atom stereocenters. The molecule has 1 amide bonds. The summed E-state index contributed by atoms with van der Waals surface area (Å²) >= 11 is 0. The van der Waals surface area contributed by atoms with Gasteiger partial charge >= 0.3 is 15.4 Å². The first-order valence-electron chi connectivity index (χ1n) is 5.36. The molecule has 0 aliphatic heterocycles. The van der Waals surface area contributed by atoms with Crippen LogP contribution in [0.2, 0.25) is 0 Å². The summed E-state index contributed by atoms with van der Waals surface area (Å²) < 4.78 is 54.5. The summed E-state index contributed by atoms with van der Waals surface area (Å²) in [6, 6.07) is -0.173. The van der Waals surface area contributed by atoms with E-state index in [1.165, 1.54) is 0 Å². The van der Waals surface area contributed by atoms with E-state index < -0.39 is 27.7 Å². The summed E-state index contributed by atoms with van der Waals surface area (Å²) in [4.78, 5) is 11.2. The van der Waals surface area contributed by atoms with Crippen LogP contribution in [0.4, 0.5) is 8.78 Å². The molecule has 2 N–H and O–H groups in total. The zero-order valence-corrected chi connectivity index (χ0v) is 9.97. The van der Waals surface area contributed by atoms with Crippen molar-refractivity contribution in [2.45, 2.75) is 49.8 Å².